The molecule has 104 valence electrons. The zero-order valence-corrected chi connectivity index (χ0v) is 11.4. The van der Waals surface area contributed by atoms with E-state index in [1.54, 1.807) is 10.7 Å². The highest BCUT2D eigenvalue weighted by Crippen LogP contribution is 2.44. The topological polar surface area (TPSA) is 44.1 Å². The summed E-state index contributed by atoms with van der Waals surface area (Å²) in [5, 5.41) is 4.26. The average molecular weight is 274 g/mol. The number of methoxy groups -OCH3 is 1. The second kappa shape index (κ2) is 4.74. The van der Waals surface area contributed by atoms with E-state index in [-0.39, 0.29) is 5.56 Å². The van der Waals surface area contributed by atoms with Gasteiger partial charge in [0.25, 0.3) is 0 Å². The zero-order chi connectivity index (χ0) is 14.3. The first-order valence-corrected chi connectivity index (χ1v) is 6.52. The lowest BCUT2D eigenvalue weighted by atomic mass is 10.0. The number of aromatic nitrogens is 2. The van der Waals surface area contributed by atoms with Gasteiger partial charge in [-0.25, -0.2) is 9.18 Å². The second-order valence-electron chi connectivity index (χ2n) is 5.03. The Kier molecular flexibility index (Phi) is 3.04. The first-order chi connectivity index (χ1) is 9.61. The maximum Gasteiger partial charge on any atom is 0.340 e. The first-order valence-electron chi connectivity index (χ1n) is 6.52. The molecular formula is C15H15FN2O2. The van der Waals surface area contributed by atoms with Gasteiger partial charge in [-0.15, -0.1) is 0 Å². The molecule has 1 aliphatic carbocycles. The molecule has 5 heteroatoms. The molecule has 0 atom stereocenters. The molecule has 0 spiro atoms. The fourth-order valence-electron chi connectivity index (χ4n) is 2.44. The van der Waals surface area contributed by atoms with Crippen LogP contribution >= 0.6 is 0 Å². The van der Waals surface area contributed by atoms with Crippen LogP contribution in [0.2, 0.25) is 0 Å². The second-order valence-corrected chi connectivity index (χ2v) is 5.03. The number of ether oxygens (including phenoxy) is 1. The van der Waals surface area contributed by atoms with Crippen molar-refractivity contribution >= 4 is 5.97 Å². The van der Waals surface area contributed by atoms with E-state index in [9.17, 15) is 9.18 Å². The van der Waals surface area contributed by atoms with E-state index >= 15 is 0 Å². The Morgan fingerprint density at radius 3 is 2.80 bits per heavy atom. The van der Waals surface area contributed by atoms with Crippen LogP contribution in [-0.4, -0.2) is 22.9 Å². The summed E-state index contributed by atoms with van der Waals surface area (Å²) < 4.78 is 20.3. The van der Waals surface area contributed by atoms with Gasteiger partial charge < -0.3 is 4.74 Å². The molecule has 0 N–H and O–H groups in total. The molecule has 1 heterocycles. The SMILES string of the molecule is COC(=O)c1ccc(-c2c(C3CC3)cnn2C)cc1F. The number of nitrogens with zero attached hydrogens (tertiary/aromatic N) is 2. The summed E-state index contributed by atoms with van der Waals surface area (Å²) >= 11 is 0. The highest BCUT2D eigenvalue weighted by Gasteiger charge is 2.29. The molecule has 0 unspecified atom stereocenters. The van der Waals surface area contributed by atoms with Crippen molar-refractivity contribution in [1.29, 1.82) is 0 Å². The van der Waals surface area contributed by atoms with E-state index in [0.29, 0.717) is 5.92 Å². The fourth-order valence-corrected chi connectivity index (χ4v) is 2.44. The van der Waals surface area contributed by atoms with E-state index in [1.807, 2.05) is 13.2 Å². The number of benzene rings is 1. The van der Waals surface area contributed by atoms with Gasteiger partial charge in [-0.1, -0.05) is 6.07 Å². The van der Waals surface area contributed by atoms with E-state index in [1.165, 1.54) is 19.2 Å². The van der Waals surface area contributed by atoms with Crippen molar-refractivity contribution in [3.8, 4) is 11.3 Å². The third-order valence-corrected chi connectivity index (χ3v) is 3.63. The lowest BCUT2D eigenvalue weighted by Crippen LogP contribution is -2.05. The van der Waals surface area contributed by atoms with Gasteiger partial charge in [0, 0.05) is 18.2 Å². The lowest BCUT2D eigenvalue weighted by molar-refractivity contribution is 0.0595. The van der Waals surface area contributed by atoms with Crippen molar-refractivity contribution in [2.24, 2.45) is 7.05 Å². The summed E-state index contributed by atoms with van der Waals surface area (Å²) in [6.07, 6.45) is 4.15. The highest BCUT2D eigenvalue weighted by molar-refractivity contribution is 5.90. The molecule has 1 fully saturated rings. The number of esters is 1. The van der Waals surface area contributed by atoms with Crippen LogP contribution in [0.3, 0.4) is 0 Å². The van der Waals surface area contributed by atoms with Gasteiger partial charge in [-0.2, -0.15) is 5.10 Å². The molecule has 1 aromatic carbocycles. The molecule has 0 radical (unpaired) electrons. The number of hydrogen-bond donors (Lipinski definition) is 0. The van der Waals surface area contributed by atoms with Crippen LogP contribution in [0, 0.1) is 5.82 Å². The monoisotopic (exact) mass is 274 g/mol. The maximum atomic E-state index is 14.0. The van der Waals surface area contributed by atoms with Crippen molar-refractivity contribution in [3.05, 3.63) is 41.3 Å². The summed E-state index contributed by atoms with van der Waals surface area (Å²) in [4.78, 5) is 11.4. The Labute approximate surface area is 116 Å². The Morgan fingerprint density at radius 2 is 2.20 bits per heavy atom. The number of rotatable bonds is 3. The molecule has 1 aliphatic rings. The molecule has 0 saturated heterocycles. The van der Waals surface area contributed by atoms with Gasteiger partial charge in [-0.05, 0) is 30.9 Å². The van der Waals surface area contributed by atoms with Gasteiger partial charge in [0.2, 0.25) is 0 Å². The molecule has 3 rings (SSSR count). The Morgan fingerprint density at radius 1 is 1.45 bits per heavy atom. The summed E-state index contributed by atoms with van der Waals surface area (Å²) in [6.45, 7) is 0. The van der Waals surface area contributed by atoms with Crippen LogP contribution in [0.25, 0.3) is 11.3 Å². The number of halogens is 1. The maximum absolute atomic E-state index is 14.0. The molecule has 0 amide bonds. The van der Waals surface area contributed by atoms with Crippen LogP contribution in [0.4, 0.5) is 4.39 Å². The van der Waals surface area contributed by atoms with Crippen LogP contribution in [-0.2, 0) is 11.8 Å². The van der Waals surface area contributed by atoms with Crippen molar-refractivity contribution in [2.75, 3.05) is 7.11 Å². The van der Waals surface area contributed by atoms with Gasteiger partial charge in [-0.3, -0.25) is 4.68 Å². The molecule has 20 heavy (non-hydrogen) atoms. The average Bonchev–Trinajstić information content (AvgIpc) is 3.21. The Hall–Kier alpha value is -2.17. The van der Waals surface area contributed by atoms with Gasteiger partial charge >= 0.3 is 5.97 Å². The minimum Gasteiger partial charge on any atom is -0.465 e. The largest absolute Gasteiger partial charge is 0.465 e. The van der Waals surface area contributed by atoms with Gasteiger partial charge in [0.05, 0.1) is 24.6 Å². The zero-order valence-electron chi connectivity index (χ0n) is 11.4. The summed E-state index contributed by atoms with van der Waals surface area (Å²) in [5.74, 6) is -0.708. The molecule has 0 aliphatic heterocycles. The number of aryl methyl sites for hydroxylation is 1. The first kappa shape index (κ1) is 12.8. The van der Waals surface area contributed by atoms with Crippen molar-refractivity contribution in [2.45, 2.75) is 18.8 Å². The van der Waals surface area contributed by atoms with E-state index in [2.05, 4.69) is 9.84 Å². The Bertz CT molecular complexity index is 675. The van der Waals surface area contributed by atoms with Crippen LogP contribution < -0.4 is 0 Å². The molecule has 4 nitrogen and oxygen atoms in total. The number of carbonyl (C=O) groups is 1. The molecular weight excluding hydrogens is 259 g/mol. The quantitative estimate of drug-likeness (QED) is 0.808. The molecule has 1 saturated carbocycles. The molecule has 2 aromatic rings. The summed E-state index contributed by atoms with van der Waals surface area (Å²) in [6, 6.07) is 4.56. The Balaban J connectivity index is 2.05. The van der Waals surface area contributed by atoms with Gasteiger partial charge in [0.15, 0.2) is 0 Å². The van der Waals surface area contributed by atoms with Crippen molar-refractivity contribution in [3.63, 3.8) is 0 Å². The molecule has 1 aromatic heterocycles. The van der Waals surface area contributed by atoms with Crippen LogP contribution in [0.5, 0.6) is 0 Å². The molecule has 0 bridgehead atoms. The van der Waals surface area contributed by atoms with Crippen LogP contribution in [0.15, 0.2) is 24.4 Å². The lowest BCUT2D eigenvalue weighted by Gasteiger charge is -2.08. The predicted molar refractivity (Wildman–Crippen MR) is 71.9 cm³/mol. The van der Waals surface area contributed by atoms with Crippen molar-refractivity contribution < 1.29 is 13.9 Å². The highest BCUT2D eigenvalue weighted by atomic mass is 19.1. The third kappa shape index (κ3) is 2.09. The number of hydrogen-bond acceptors (Lipinski definition) is 3. The van der Waals surface area contributed by atoms with E-state index < -0.39 is 11.8 Å². The van der Waals surface area contributed by atoms with E-state index in [4.69, 9.17) is 0 Å². The fraction of sp³-hybridized carbons (Fsp3) is 0.333. The van der Waals surface area contributed by atoms with Crippen molar-refractivity contribution in [1.82, 2.24) is 9.78 Å². The smallest absolute Gasteiger partial charge is 0.340 e. The minimum atomic E-state index is -0.665. The normalized spacial score (nSPS) is 14.3. The van der Waals surface area contributed by atoms with E-state index in [0.717, 1.165) is 29.7 Å². The van der Waals surface area contributed by atoms with Crippen LogP contribution in [0.1, 0.15) is 34.7 Å². The number of carbonyl (C=O) groups excluding carboxylic acids is 1. The standard InChI is InChI=1S/C15H15FN2O2/c1-18-14(12(8-17-18)9-3-4-9)10-5-6-11(13(16)7-10)15(19)20-2/h5-9H,3-4H2,1-2H3. The third-order valence-electron chi connectivity index (χ3n) is 3.63. The van der Waals surface area contributed by atoms with Gasteiger partial charge in [0.1, 0.15) is 5.82 Å². The predicted octanol–water partition coefficient (Wildman–Crippen LogP) is 2.89. The summed E-state index contributed by atoms with van der Waals surface area (Å²) in [5.41, 5.74) is 2.75. The summed E-state index contributed by atoms with van der Waals surface area (Å²) in [7, 11) is 3.08. The minimum absolute atomic E-state index is 0.0496.